The molecule has 6 nitrogen and oxygen atoms in total. The Morgan fingerprint density at radius 2 is 1.90 bits per heavy atom. The number of benzene rings is 1. The lowest BCUT2D eigenvalue weighted by molar-refractivity contribution is 0.0270. The average molecular weight is 397 g/mol. The van der Waals surface area contributed by atoms with Gasteiger partial charge in [-0.05, 0) is 45.0 Å². The first-order chi connectivity index (χ1) is 13.7. The van der Waals surface area contributed by atoms with Crippen LogP contribution in [-0.2, 0) is 4.74 Å². The Morgan fingerprint density at radius 1 is 1.17 bits per heavy atom. The van der Waals surface area contributed by atoms with Crippen molar-refractivity contribution < 1.29 is 18.7 Å². The van der Waals surface area contributed by atoms with Gasteiger partial charge in [-0.3, -0.25) is 9.78 Å². The van der Waals surface area contributed by atoms with E-state index in [2.05, 4.69) is 10.3 Å². The van der Waals surface area contributed by atoms with Crippen molar-refractivity contribution in [3.63, 3.8) is 0 Å². The van der Waals surface area contributed by atoms with Crippen LogP contribution in [0.5, 0.6) is 0 Å². The van der Waals surface area contributed by atoms with Crippen molar-refractivity contribution in [1.29, 1.82) is 0 Å². The molecule has 1 aliphatic carbocycles. The van der Waals surface area contributed by atoms with Gasteiger partial charge in [-0.15, -0.1) is 0 Å². The molecule has 0 bridgehead atoms. The number of carbonyl (C=O) groups excluding carboxylic acids is 2. The molecule has 1 aliphatic heterocycles. The molecule has 3 atom stereocenters. The molecule has 0 unspecified atom stereocenters. The fourth-order valence-corrected chi connectivity index (χ4v) is 3.80. The molecule has 29 heavy (non-hydrogen) atoms. The van der Waals surface area contributed by atoms with E-state index in [1.165, 1.54) is 18.3 Å². The predicted octanol–water partition coefficient (Wildman–Crippen LogP) is 3.48. The molecule has 0 radical (unpaired) electrons. The summed E-state index contributed by atoms with van der Waals surface area (Å²) in [6, 6.07) is 9.65. The third kappa shape index (κ3) is 4.23. The van der Waals surface area contributed by atoms with Crippen LogP contribution in [0.25, 0.3) is 11.3 Å². The summed E-state index contributed by atoms with van der Waals surface area (Å²) in [5, 5.41) is 3.03. The number of halogens is 1. The topological polar surface area (TPSA) is 71.5 Å². The summed E-state index contributed by atoms with van der Waals surface area (Å²) in [6.07, 6.45) is 1.20. The van der Waals surface area contributed by atoms with Gasteiger partial charge in [-0.1, -0.05) is 12.1 Å². The maximum atomic E-state index is 13.4. The highest BCUT2D eigenvalue weighted by atomic mass is 19.1. The Hall–Kier alpha value is -2.96. The van der Waals surface area contributed by atoms with Crippen molar-refractivity contribution in [3.05, 3.63) is 54.0 Å². The first kappa shape index (κ1) is 19.4. The van der Waals surface area contributed by atoms with E-state index >= 15 is 0 Å². The van der Waals surface area contributed by atoms with Gasteiger partial charge in [0, 0.05) is 42.7 Å². The van der Waals surface area contributed by atoms with Crippen molar-refractivity contribution in [1.82, 2.24) is 15.2 Å². The number of aromatic nitrogens is 1. The van der Waals surface area contributed by atoms with Gasteiger partial charge in [0.15, 0.2) is 0 Å². The van der Waals surface area contributed by atoms with E-state index in [-0.39, 0.29) is 35.7 Å². The Labute approximate surface area is 169 Å². The molecule has 2 heterocycles. The molecule has 2 amide bonds. The van der Waals surface area contributed by atoms with Crippen LogP contribution >= 0.6 is 0 Å². The highest BCUT2D eigenvalue weighted by molar-refractivity contribution is 5.94. The summed E-state index contributed by atoms with van der Waals surface area (Å²) in [5.41, 5.74) is 1.22. The van der Waals surface area contributed by atoms with E-state index in [1.807, 2.05) is 20.8 Å². The van der Waals surface area contributed by atoms with Crippen LogP contribution in [-0.4, -0.2) is 46.6 Å². The highest BCUT2D eigenvalue weighted by Gasteiger charge is 2.58. The smallest absolute Gasteiger partial charge is 0.410 e. The number of pyridine rings is 1. The van der Waals surface area contributed by atoms with Crippen molar-refractivity contribution in [2.45, 2.75) is 32.4 Å². The summed E-state index contributed by atoms with van der Waals surface area (Å²) < 4.78 is 18.8. The first-order valence-corrected chi connectivity index (χ1v) is 9.72. The maximum absolute atomic E-state index is 13.4. The number of fused-ring (bicyclic) bond motifs is 1. The monoisotopic (exact) mass is 397 g/mol. The van der Waals surface area contributed by atoms with Crippen molar-refractivity contribution >= 4 is 12.0 Å². The summed E-state index contributed by atoms with van der Waals surface area (Å²) >= 11 is 0. The van der Waals surface area contributed by atoms with Gasteiger partial charge in [0.25, 0.3) is 5.91 Å². The third-order valence-corrected chi connectivity index (χ3v) is 5.29. The third-order valence-electron chi connectivity index (χ3n) is 5.29. The van der Waals surface area contributed by atoms with Crippen LogP contribution in [0, 0.1) is 17.7 Å². The second-order valence-corrected chi connectivity index (χ2v) is 8.65. The van der Waals surface area contributed by atoms with E-state index < -0.39 is 5.60 Å². The van der Waals surface area contributed by atoms with Gasteiger partial charge < -0.3 is 15.0 Å². The summed E-state index contributed by atoms with van der Waals surface area (Å²) in [4.78, 5) is 30.6. The van der Waals surface area contributed by atoms with Crippen LogP contribution < -0.4 is 5.32 Å². The molecule has 4 rings (SSSR count). The van der Waals surface area contributed by atoms with Crippen LogP contribution in [0.4, 0.5) is 9.18 Å². The number of carbonyl (C=O) groups is 2. The zero-order valence-corrected chi connectivity index (χ0v) is 16.7. The molecule has 152 valence electrons. The lowest BCUT2D eigenvalue weighted by Gasteiger charge is -2.26. The lowest BCUT2D eigenvalue weighted by atomic mass is 10.1. The molecule has 1 N–H and O–H groups in total. The van der Waals surface area contributed by atoms with Crippen molar-refractivity contribution in [2.75, 3.05) is 13.1 Å². The van der Waals surface area contributed by atoms with Crippen LogP contribution in [0.2, 0.25) is 0 Å². The van der Waals surface area contributed by atoms with Gasteiger partial charge in [0.2, 0.25) is 0 Å². The minimum Gasteiger partial charge on any atom is -0.444 e. The number of amides is 2. The normalized spacial score (nSPS) is 22.8. The predicted molar refractivity (Wildman–Crippen MR) is 106 cm³/mol. The standard InChI is InChI=1S/C22H24FN3O3/c1-22(2,3)29-21(28)26-11-16-17(12-26)19(16)25-20(27)14-7-8-18(24-10-14)13-5-4-6-15(23)9-13/h4-10,16-17,19H,11-12H2,1-3H3,(H,25,27)/t16-,17+,19+. The Kier molecular flexibility index (Phi) is 4.76. The zero-order chi connectivity index (χ0) is 20.8. The number of nitrogens with zero attached hydrogens (tertiary/aromatic N) is 2. The molecular formula is C22H24FN3O3. The van der Waals surface area contributed by atoms with Crippen LogP contribution in [0.1, 0.15) is 31.1 Å². The first-order valence-electron chi connectivity index (χ1n) is 9.72. The number of hydrogen-bond acceptors (Lipinski definition) is 4. The minimum absolute atomic E-state index is 0.0732. The molecule has 2 fully saturated rings. The number of nitrogens with one attached hydrogen (secondary N) is 1. The number of piperidine rings is 1. The average Bonchev–Trinajstić information content (AvgIpc) is 3.09. The van der Waals surface area contributed by atoms with Crippen LogP contribution in [0.15, 0.2) is 42.6 Å². The molecule has 2 aliphatic rings. The molecule has 7 heteroatoms. The Balaban J connectivity index is 1.31. The van der Waals surface area contributed by atoms with Gasteiger partial charge in [-0.2, -0.15) is 0 Å². The molecular weight excluding hydrogens is 373 g/mol. The van der Waals surface area contributed by atoms with Crippen molar-refractivity contribution in [3.8, 4) is 11.3 Å². The number of ether oxygens (including phenoxy) is 1. The van der Waals surface area contributed by atoms with Gasteiger partial charge in [0.1, 0.15) is 11.4 Å². The molecule has 1 saturated heterocycles. The SMILES string of the molecule is CC(C)(C)OC(=O)N1C[C@@H]2[C@H](C1)[C@H]2NC(=O)c1ccc(-c2cccc(F)c2)nc1. The number of likely N-dealkylation sites (tertiary alicyclic amines) is 1. The molecule has 1 saturated carbocycles. The Morgan fingerprint density at radius 3 is 2.48 bits per heavy atom. The summed E-state index contributed by atoms with van der Waals surface area (Å²) in [7, 11) is 0. The number of hydrogen-bond donors (Lipinski definition) is 1. The summed E-state index contributed by atoms with van der Waals surface area (Å²) in [5.74, 6) is 0.0234. The van der Waals surface area contributed by atoms with Gasteiger partial charge in [-0.25, -0.2) is 9.18 Å². The van der Waals surface area contributed by atoms with E-state index in [4.69, 9.17) is 4.74 Å². The second-order valence-electron chi connectivity index (χ2n) is 8.65. The van der Waals surface area contributed by atoms with Crippen molar-refractivity contribution in [2.24, 2.45) is 11.8 Å². The van der Waals surface area contributed by atoms with E-state index in [9.17, 15) is 14.0 Å². The lowest BCUT2D eigenvalue weighted by Crippen LogP contribution is -2.40. The summed E-state index contributed by atoms with van der Waals surface area (Å²) in [6.45, 7) is 6.73. The molecule has 2 aromatic rings. The fourth-order valence-electron chi connectivity index (χ4n) is 3.80. The van der Waals surface area contributed by atoms with Crippen LogP contribution in [0.3, 0.4) is 0 Å². The highest BCUT2D eigenvalue weighted by Crippen LogP contribution is 2.45. The molecule has 1 aromatic heterocycles. The second kappa shape index (κ2) is 7.13. The van der Waals surface area contributed by atoms with E-state index in [0.29, 0.717) is 29.9 Å². The molecule has 1 aromatic carbocycles. The minimum atomic E-state index is -0.512. The maximum Gasteiger partial charge on any atom is 0.410 e. The largest absolute Gasteiger partial charge is 0.444 e. The van der Waals surface area contributed by atoms with Gasteiger partial charge in [0.05, 0.1) is 11.3 Å². The van der Waals surface area contributed by atoms with Gasteiger partial charge >= 0.3 is 6.09 Å². The fraction of sp³-hybridized carbons (Fsp3) is 0.409. The van der Waals surface area contributed by atoms with E-state index in [0.717, 1.165) is 0 Å². The quantitative estimate of drug-likeness (QED) is 0.861. The molecule has 0 spiro atoms. The zero-order valence-electron chi connectivity index (χ0n) is 16.7. The Bertz CT molecular complexity index is 927. The number of rotatable bonds is 3. The van der Waals surface area contributed by atoms with E-state index in [1.54, 1.807) is 29.2 Å².